The SMILES string of the molecule is COc1ccc(-c2cc(C(=O)NCc3ccc(F)cc3)n(-c3cccc(Cl)c3)n2)cc1. The number of hydrogen-bond acceptors (Lipinski definition) is 3. The topological polar surface area (TPSA) is 56.1 Å². The van der Waals surface area contributed by atoms with Crippen molar-refractivity contribution in [1.82, 2.24) is 15.1 Å². The number of carbonyl (C=O) groups is 1. The average Bonchev–Trinajstić information content (AvgIpc) is 3.24. The molecule has 31 heavy (non-hydrogen) atoms. The van der Waals surface area contributed by atoms with E-state index in [-0.39, 0.29) is 18.3 Å². The Morgan fingerprint density at radius 3 is 2.48 bits per heavy atom. The summed E-state index contributed by atoms with van der Waals surface area (Å²) in [4.78, 5) is 13.0. The van der Waals surface area contributed by atoms with E-state index in [1.165, 1.54) is 12.1 Å². The van der Waals surface area contributed by atoms with Crippen LogP contribution in [0.15, 0.2) is 78.9 Å². The van der Waals surface area contributed by atoms with Crippen molar-refractivity contribution in [3.8, 4) is 22.7 Å². The summed E-state index contributed by atoms with van der Waals surface area (Å²) in [6, 6.07) is 22.3. The zero-order valence-corrected chi connectivity index (χ0v) is 17.4. The molecule has 0 atom stereocenters. The van der Waals surface area contributed by atoms with E-state index in [0.717, 1.165) is 16.9 Å². The Balaban J connectivity index is 1.67. The fraction of sp³-hybridized carbons (Fsp3) is 0.0833. The Bertz CT molecular complexity index is 1200. The maximum Gasteiger partial charge on any atom is 0.270 e. The van der Waals surface area contributed by atoms with Gasteiger partial charge in [-0.3, -0.25) is 4.79 Å². The van der Waals surface area contributed by atoms with Crippen molar-refractivity contribution in [1.29, 1.82) is 0 Å². The monoisotopic (exact) mass is 435 g/mol. The molecular formula is C24H19ClFN3O2. The largest absolute Gasteiger partial charge is 0.497 e. The number of nitrogens with one attached hydrogen (secondary N) is 1. The van der Waals surface area contributed by atoms with Crippen LogP contribution in [0.25, 0.3) is 16.9 Å². The second kappa shape index (κ2) is 9.02. The van der Waals surface area contributed by atoms with E-state index in [9.17, 15) is 9.18 Å². The first-order chi connectivity index (χ1) is 15.0. The Hall–Kier alpha value is -3.64. The number of benzene rings is 3. The summed E-state index contributed by atoms with van der Waals surface area (Å²) in [6.07, 6.45) is 0. The molecule has 0 bridgehead atoms. The molecule has 0 unspecified atom stereocenters. The molecule has 0 spiro atoms. The van der Waals surface area contributed by atoms with Crippen LogP contribution in [0.3, 0.4) is 0 Å². The van der Waals surface area contributed by atoms with Gasteiger partial charge in [-0.05, 0) is 66.2 Å². The number of amides is 1. The summed E-state index contributed by atoms with van der Waals surface area (Å²) in [5.41, 5.74) is 3.29. The zero-order chi connectivity index (χ0) is 21.8. The molecule has 0 aliphatic carbocycles. The molecule has 156 valence electrons. The number of hydrogen-bond donors (Lipinski definition) is 1. The molecule has 0 aliphatic heterocycles. The van der Waals surface area contributed by atoms with Crippen molar-refractivity contribution in [3.63, 3.8) is 0 Å². The third-order valence-electron chi connectivity index (χ3n) is 4.75. The average molecular weight is 436 g/mol. The number of aromatic nitrogens is 2. The lowest BCUT2D eigenvalue weighted by atomic mass is 10.1. The Morgan fingerprint density at radius 2 is 1.81 bits per heavy atom. The second-order valence-electron chi connectivity index (χ2n) is 6.84. The van der Waals surface area contributed by atoms with Gasteiger partial charge in [-0.2, -0.15) is 5.10 Å². The fourth-order valence-corrected chi connectivity index (χ4v) is 3.31. The van der Waals surface area contributed by atoms with Crippen molar-refractivity contribution < 1.29 is 13.9 Å². The van der Waals surface area contributed by atoms with Crippen LogP contribution in [0.5, 0.6) is 5.75 Å². The highest BCUT2D eigenvalue weighted by Gasteiger charge is 2.18. The summed E-state index contributed by atoms with van der Waals surface area (Å²) in [7, 11) is 1.60. The highest BCUT2D eigenvalue weighted by molar-refractivity contribution is 6.30. The molecule has 1 amide bonds. The summed E-state index contributed by atoms with van der Waals surface area (Å²) in [5, 5.41) is 8.05. The molecule has 0 saturated carbocycles. The quantitative estimate of drug-likeness (QED) is 0.449. The maximum absolute atomic E-state index is 13.1. The van der Waals surface area contributed by atoms with Gasteiger partial charge in [0.1, 0.15) is 17.3 Å². The number of nitrogens with zero attached hydrogens (tertiary/aromatic N) is 2. The van der Waals surface area contributed by atoms with Gasteiger partial charge >= 0.3 is 0 Å². The first-order valence-electron chi connectivity index (χ1n) is 9.56. The molecule has 4 aromatic rings. The molecule has 3 aromatic carbocycles. The number of halogens is 2. The summed E-state index contributed by atoms with van der Waals surface area (Å²) in [6.45, 7) is 0.262. The number of carbonyl (C=O) groups excluding carboxylic acids is 1. The van der Waals surface area contributed by atoms with E-state index in [0.29, 0.717) is 22.1 Å². The van der Waals surface area contributed by atoms with Crippen molar-refractivity contribution in [2.24, 2.45) is 0 Å². The van der Waals surface area contributed by atoms with Gasteiger partial charge in [0.15, 0.2) is 0 Å². The first kappa shape index (κ1) is 20.6. The third kappa shape index (κ3) is 4.75. The van der Waals surface area contributed by atoms with Crippen LogP contribution < -0.4 is 10.1 Å². The van der Waals surface area contributed by atoms with Crippen LogP contribution in [-0.2, 0) is 6.54 Å². The minimum absolute atomic E-state index is 0.262. The fourth-order valence-electron chi connectivity index (χ4n) is 3.13. The van der Waals surface area contributed by atoms with E-state index in [4.69, 9.17) is 16.3 Å². The highest BCUT2D eigenvalue weighted by Crippen LogP contribution is 2.25. The predicted molar refractivity (Wildman–Crippen MR) is 118 cm³/mol. The zero-order valence-electron chi connectivity index (χ0n) is 16.7. The molecule has 0 aliphatic rings. The summed E-state index contributed by atoms with van der Waals surface area (Å²) in [5.74, 6) is 0.102. The maximum atomic E-state index is 13.1. The molecule has 1 heterocycles. The summed E-state index contributed by atoms with van der Waals surface area (Å²) >= 11 is 6.15. The predicted octanol–water partition coefficient (Wildman–Crippen LogP) is 5.27. The molecule has 4 rings (SSSR count). The molecule has 5 nitrogen and oxygen atoms in total. The number of methoxy groups -OCH3 is 1. The lowest BCUT2D eigenvalue weighted by Crippen LogP contribution is -2.25. The lowest BCUT2D eigenvalue weighted by molar-refractivity contribution is 0.0943. The van der Waals surface area contributed by atoms with Crippen molar-refractivity contribution >= 4 is 17.5 Å². The third-order valence-corrected chi connectivity index (χ3v) is 4.98. The van der Waals surface area contributed by atoms with E-state index >= 15 is 0 Å². The standard InChI is InChI=1S/C24H19ClFN3O2/c1-31-21-11-7-17(8-12-21)22-14-23(29(28-22)20-4-2-3-18(25)13-20)24(30)27-15-16-5-9-19(26)10-6-16/h2-14H,15H2,1H3,(H,27,30). The van der Waals surface area contributed by atoms with Crippen molar-refractivity contribution in [2.45, 2.75) is 6.54 Å². The van der Waals surface area contributed by atoms with Gasteiger partial charge in [0, 0.05) is 17.1 Å². The molecule has 0 fully saturated rings. The molecule has 0 saturated heterocycles. The van der Waals surface area contributed by atoms with Gasteiger partial charge in [0.05, 0.1) is 18.5 Å². The molecule has 1 N–H and O–H groups in total. The number of ether oxygens (including phenoxy) is 1. The van der Waals surface area contributed by atoms with Gasteiger partial charge in [-0.1, -0.05) is 29.8 Å². The highest BCUT2D eigenvalue weighted by atomic mass is 35.5. The van der Waals surface area contributed by atoms with Gasteiger partial charge in [0.2, 0.25) is 0 Å². The van der Waals surface area contributed by atoms with E-state index in [1.807, 2.05) is 30.3 Å². The molecular weight excluding hydrogens is 417 g/mol. The summed E-state index contributed by atoms with van der Waals surface area (Å²) < 4.78 is 19.9. The lowest BCUT2D eigenvalue weighted by Gasteiger charge is -2.09. The van der Waals surface area contributed by atoms with Crippen LogP contribution in [0.1, 0.15) is 16.1 Å². The normalized spacial score (nSPS) is 10.7. The van der Waals surface area contributed by atoms with Gasteiger partial charge in [-0.25, -0.2) is 9.07 Å². The van der Waals surface area contributed by atoms with Crippen molar-refractivity contribution in [2.75, 3.05) is 7.11 Å². The first-order valence-corrected chi connectivity index (χ1v) is 9.94. The molecule has 7 heteroatoms. The minimum atomic E-state index is -0.321. The van der Waals surface area contributed by atoms with Crippen LogP contribution in [0, 0.1) is 5.82 Å². The Labute approximate surface area is 184 Å². The van der Waals surface area contributed by atoms with Gasteiger partial charge < -0.3 is 10.1 Å². The van der Waals surface area contributed by atoms with Gasteiger partial charge in [-0.15, -0.1) is 0 Å². The molecule has 1 aromatic heterocycles. The van der Waals surface area contributed by atoms with Gasteiger partial charge in [0.25, 0.3) is 5.91 Å². The van der Waals surface area contributed by atoms with Crippen LogP contribution >= 0.6 is 11.6 Å². The van der Waals surface area contributed by atoms with Crippen LogP contribution in [0.2, 0.25) is 5.02 Å². The Kier molecular flexibility index (Phi) is 6.00. The van der Waals surface area contributed by atoms with E-state index in [1.54, 1.807) is 48.2 Å². The van der Waals surface area contributed by atoms with Crippen LogP contribution in [-0.4, -0.2) is 22.8 Å². The van der Waals surface area contributed by atoms with E-state index in [2.05, 4.69) is 10.4 Å². The van der Waals surface area contributed by atoms with Crippen molar-refractivity contribution in [3.05, 3.63) is 101 Å². The molecule has 0 radical (unpaired) electrons. The Morgan fingerprint density at radius 1 is 1.06 bits per heavy atom. The van der Waals surface area contributed by atoms with Crippen LogP contribution in [0.4, 0.5) is 4.39 Å². The smallest absolute Gasteiger partial charge is 0.270 e. The second-order valence-corrected chi connectivity index (χ2v) is 7.28. The minimum Gasteiger partial charge on any atom is -0.497 e. The van der Waals surface area contributed by atoms with E-state index < -0.39 is 0 Å². The number of rotatable bonds is 6.